The van der Waals surface area contributed by atoms with Crippen molar-refractivity contribution in [3.05, 3.63) is 26.6 Å². The molecule has 3 nitrogen and oxygen atoms in total. The Labute approximate surface area is 109 Å². The minimum absolute atomic E-state index is 0.102. The first-order valence-electron chi connectivity index (χ1n) is 4.19. The molecule has 0 aliphatic carbocycles. The molecule has 0 aliphatic rings. The zero-order valence-electron chi connectivity index (χ0n) is 7.88. The standard InChI is InChI=1S/C9H7ClF2INO2/c10-3-5-4(9(11)12)1-7(13)14-6(5)2-8(15)16/h1,9H,2-3H2,(H,15,16). The Morgan fingerprint density at radius 3 is 2.69 bits per heavy atom. The third-order valence-electron chi connectivity index (χ3n) is 1.90. The van der Waals surface area contributed by atoms with E-state index in [1.807, 2.05) is 0 Å². The molecule has 7 heteroatoms. The second-order valence-corrected chi connectivity index (χ2v) is 4.34. The molecule has 0 unspecified atom stereocenters. The highest BCUT2D eigenvalue weighted by molar-refractivity contribution is 14.1. The molecule has 1 rings (SSSR count). The average Bonchev–Trinajstić information content (AvgIpc) is 2.15. The number of halogens is 4. The molecule has 0 saturated heterocycles. The normalized spacial score (nSPS) is 10.8. The lowest BCUT2D eigenvalue weighted by molar-refractivity contribution is -0.136. The minimum Gasteiger partial charge on any atom is -0.481 e. The fourth-order valence-electron chi connectivity index (χ4n) is 1.25. The van der Waals surface area contributed by atoms with E-state index >= 15 is 0 Å². The largest absolute Gasteiger partial charge is 0.481 e. The van der Waals surface area contributed by atoms with Crippen LogP contribution in [0.3, 0.4) is 0 Å². The molecule has 0 fully saturated rings. The Hall–Kier alpha value is -0.500. The number of alkyl halides is 3. The van der Waals surface area contributed by atoms with Crippen LogP contribution in [0.25, 0.3) is 0 Å². The Morgan fingerprint density at radius 2 is 2.25 bits per heavy atom. The number of carboxylic acid groups (broad SMARTS) is 1. The summed E-state index contributed by atoms with van der Waals surface area (Å²) >= 11 is 7.31. The molecular weight excluding hydrogens is 354 g/mol. The summed E-state index contributed by atoms with van der Waals surface area (Å²) in [4.78, 5) is 14.5. The van der Waals surface area contributed by atoms with Crippen molar-refractivity contribution in [3.63, 3.8) is 0 Å². The fourth-order valence-corrected chi connectivity index (χ4v) is 2.18. The first-order chi connectivity index (χ1) is 7.45. The summed E-state index contributed by atoms with van der Waals surface area (Å²) in [6, 6.07) is 1.22. The number of aliphatic carboxylic acids is 1. The molecule has 0 bridgehead atoms. The van der Waals surface area contributed by atoms with Crippen molar-refractivity contribution in [1.82, 2.24) is 4.98 Å². The molecule has 16 heavy (non-hydrogen) atoms. The molecule has 0 aromatic carbocycles. The van der Waals surface area contributed by atoms with Crippen molar-refractivity contribution in [1.29, 1.82) is 0 Å². The van der Waals surface area contributed by atoms with Gasteiger partial charge in [0.1, 0.15) is 3.70 Å². The molecule has 1 N–H and O–H groups in total. The van der Waals surface area contributed by atoms with Gasteiger partial charge in [0.15, 0.2) is 0 Å². The second-order valence-electron chi connectivity index (χ2n) is 2.96. The molecule has 0 spiro atoms. The highest BCUT2D eigenvalue weighted by Crippen LogP contribution is 2.27. The number of rotatable bonds is 4. The van der Waals surface area contributed by atoms with Gasteiger partial charge in [0, 0.05) is 11.4 Å². The Balaban J connectivity index is 3.29. The van der Waals surface area contributed by atoms with E-state index < -0.39 is 18.8 Å². The summed E-state index contributed by atoms with van der Waals surface area (Å²) in [7, 11) is 0. The van der Waals surface area contributed by atoms with Crippen molar-refractivity contribution in [3.8, 4) is 0 Å². The maximum absolute atomic E-state index is 12.7. The fraction of sp³-hybridized carbons (Fsp3) is 0.333. The molecule has 0 radical (unpaired) electrons. The van der Waals surface area contributed by atoms with Crippen molar-refractivity contribution in [2.45, 2.75) is 18.7 Å². The lowest BCUT2D eigenvalue weighted by Gasteiger charge is -2.11. The third kappa shape index (κ3) is 3.24. The van der Waals surface area contributed by atoms with Crippen molar-refractivity contribution in [2.24, 2.45) is 0 Å². The lowest BCUT2D eigenvalue weighted by atomic mass is 10.1. The SMILES string of the molecule is O=C(O)Cc1nc(I)cc(C(F)F)c1CCl. The Kier molecular flexibility index (Phi) is 4.85. The summed E-state index contributed by atoms with van der Waals surface area (Å²) in [5.74, 6) is -1.30. The molecule has 1 aromatic rings. The molecule has 1 aromatic heterocycles. The highest BCUT2D eigenvalue weighted by Gasteiger charge is 2.19. The number of pyridine rings is 1. The zero-order valence-corrected chi connectivity index (χ0v) is 10.8. The van der Waals surface area contributed by atoms with Gasteiger partial charge in [-0.05, 0) is 34.2 Å². The summed E-state index contributed by atoms with van der Waals surface area (Å²) in [5, 5.41) is 8.63. The van der Waals surface area contributed by atoms with E-state index in [1.54, 1.807) is 22.6 Å². The first kappa shape index (κ1) is 13.6. The van der Waals surface area contributed by atoms with Crippen LogP contribution in [0.5, 0.6) is 0 Å². The van der Waals surface area contributed by atoms with Gasteiger partial charge in [-0.25, -0.2) is 13.8 Å². The van der Waals surface area contributed by atoms with E-state index in [0.717, 1.165) is 0 Å². The molecule has 0 saturated carbocycles. The Morgan fingerprint density at radius 1 is 1.62 bits per heavy atom. The predicted molar refractivity (Wildman–Crippen MR) is 62.8 cm³/mol. The van der Waals surface area contributed by atoms with E-state index in [2.05, 4.69) is 4.98 Å². The van der Waals surface area contributed by atoms with Crippen LogP contribution in [-0.4, -0.2) is 16.1 Å². The maximum atomic E-state index is 12.7. The minimum atomic E-state index is -2.68. The van der Waals surface area contributed by atoms with Gasteiger partial charge >= 0.3 is 5.97 Å². The monoisotopic (exact) mass is 361 g/mol. The van der Waals surface area contributed by atoms with Crippen LogP contribution >= 0.6 is 34.2 Å². The summed E-state index contributed by atoms with van der Waals surface area (Å²) in [5.41, 5.74) is -0.0326. The topological polar surface area (TPSA) is 50.2 Å². The quantitative estimate of drug-likeness (QED) is 0.510. The number of aromatic nitrogens is 1. The molecule has 0 amide bonds. The third-order valence-corrected chi connectivity index (χ3v) is 2.72. The summed E-state index contributed by atoms with van der Waals surface area (Å²) in [6.07, 6.45) is -3.09. The number of nitrogens with zero attached hydrogens (tertiary/aromatic N) is 1. The van der Waals surface area contributed by atoms with Crippen molar-refractivity contribution >= 4 is 40.2 Å². The van der Waals surface area contributed by atoms with E-state index in [4.69, 9.17) is 16.7 Å². The molecule has 0 aliphatic heterocycles. The molecular formula is C9H7ClF2INO2. The number of carbonyl (C=O) groups is 1. The van der Waals surface area contributed by atoms with Gasteiger partial charge in [-0.15, -0.1) is 11.6 Å². The predicted octanol–water partition coefficient (Wildman–Crippen LogP) is 2.99. The van der Waals surface area contributed by atoms with Crippen LogP contribution in [0.2, 0.25) is 0 Å². The zero-order chi connectivity index (χ0) is 12.3. The van der Waals surface area contributed by atoms with E-state index in [0.29, 0.717) is 3.70 Å². The number of hydrogen-bond acceptors (Lipinski definition) is 2. The average molecular weight is 362 g/mol. The summed E-state index contributed by atoms with van der Waals surface area (Å²) in [6.45, 7) is 0. The van der Waals surface area contributed by atoms with E-state index in [-0.39, 0.29) is 22.7 Å². The smallest absolute Gasteiger partial charge is 0.309 e. The molecule has 1 heterocycles. The van der Waals surface area contributed by atoms with Gasteiger partial charge in [-0.3, -0.25) is 4.79 Å². The highest BCUT2D eigenvalue weighted by atomic mass is 127. The van der Waals surface area contributed by atoms with Crippen LogP contribution < -0.4 is 0 Å². The lowest BCUT2D eigenvalue weighted by Crippen LogP contribution is -2.09. The van der Waals surface area contributed by atoms with Crippen LogP contribution in [-0.2, 0) is 17.1 Å². The van der Waals surface area contributed by atoms with Crippen LogP contribution in [0, 0.1) is 3.70 Å². The molecule has 0 atom stereocenters. The van der Waals surface area contributed by atoms with Crippen molar-refractivity contribution < 1.29 is 18.7 Å². The maximum Gasteiger partial charge on any atom is 0.309 e. The number of carboxylic acids is 1. The second kappa shape index (κ2) is 5.72. The van der Waals surface area contributed by atoms with Gasteiger partial charge in [0.25, 0.3) is 6.43 Å². The van der Waals surface area contributed by atoms with Gasteiger partial charge in [-0.1, -0.05) is 0 Å². The molecule has 88 valence electrons. The van der Waals surface area contributed by atoms with Crippen LogP contribution in [0.15, 0.2) is 6.07 Å². The van der Waals surface area contributed by atoms with E-state index in [9.17, 15) is 13.6 Å². The first-order valence-corrected chi connectivity index (χ1v) is 5.81. The summed E-state index contributed by atoms with van der Waals surface area (Å²) < 4.78 is 25.7. The van der Waals surface area contributed by atoms with Gasteiger partial charge in [-0.2, -0.15) is 0 Å². The van der Waals surface area contributed by atoms with Crippen LogP contribution in [0.1, 0.15) is 23.2 Å². The van der Waals surface area contributed by atoms with Gasteiger partial charge < -0.3 is 5.11 Å². The van der Waals surface area contributed by atoms with Crippen LogP contribution in [0.4, 0.5) is 8.78 Å². The Bertz CT molecular complexity index is 415. The van der Waals surface area contributed by atoms with Crippen molar-refractivity contribution in [2.75, 3.05) is 0 Å². The van der Waals surface area contributed by atoms with Gasteiger partial charge in [0.05, 0.1) is 12.1 Å². The van der Waals surface area contributed by atoms with Gasteiger partial charge in [0.2, 0.25) is 0 Å². The van der Waals surface area contributed by atoms with E-state index in [1.165, 1.54) is 6.07 Å². The number of hydrogen-bond donors (Lipinski definition) is 1.